The number of methoxy groups -OCH3 is 1. The lowest BCUT2D eigenvalue weighted by Crippen LogP contribution is -2.12. The third kappa shape index (κ3) is 6.02. The van der Waals surface area contributed by atoms with E-state index in [0.29, 0.717) is 39.4 Å². The van der Waals surface area contributed by atoms with E-state index in [4.69, 9.17) is 4.74 Å². The number of aromatic nitrogens is 1. The van der Waals surface area contributed by atoms with Gasteiger partial charge in [-0.15, -0.1) is 0 Å². The number of anilines is 1. The van der Waals surface area contributed by atoms with Gasteiger partial charge < -0.3 is 15.2 Å². The maximum Gasteiger partial charge on any atom is 0.337 e. The first kappa shape index (κ1) is 25.6. The number of carbonyl (C=O) groups is 2. The molecule has 4 aromatic rings. The van der Waals surface area contributed by atoms with Crippen LogP contribution >= 0.6 is 0 Å². The van der Waals surface area contributed by atoms with Crippen molar-refractivity contribution in [3.8, 4) is 16.9 Å². The van der Waals surface area contributed by atoms with Gasteiger partial charge in [0.1, 0.15) is 5.75 Å². The summed E-state index contributed by atoms with van der Waals surface area (Å²) in [6.07, 6.45) is 1.57. The molecule has 0 aliphatic heterocycles. The van der Waals surface area contributed by atoms with Crippen molar-refractivity contribution in [3.05, 3.63) is 107 Å². The molecule has 1 heterocycles. The fourth-order valence-corrected chi connectivity index (χ4v) is 5.11. The first-order valence-corrected chi connectivity index (χ1v) is 12.9. The average Bonchev–Trinajstić information content (AvgIpc) is 2.90. The highest BCUT2D eigenvalue weighted by molar-refractivity contribution is 7.90. The van der Waals surface area contributed by atoms with Crippen LogP contribution in [0.3, 0.4) is 0 Å². The standard InChI is InChI=1S/C28H24N2O6S/c1-18-26(28(32)33)14-22(16-29-18)20-5-3-6-21(13-20)27(31)30-23-11-9-19(10-12-23)17-37(34,35)25-8-4-7-24(15-25)36-2/h3-16H,17H2,1-2H3,(H,30,31)(H,32,33). The molecule has 0 atom stereocenters. The quantitative estimate of drug-likeness (QED) is 0.338. The molecule has 1 aromatic heterocycles. The summed E-state index contributed by atoms with van der Waals surface area (Å²) in [5.41, 5.74) is 3.19. The highest BCUT2D eigenvalue weighted by atomic mass is 32.2. The first-order chi connectivity index (χ1) is 17.7. The molecule has 0 saturated carbocycles. The van der Waals surface area contributed by atoms with Crippen LogP contribution in [0.1, 0.15) is 32.0 Å². The van der Waals surface area contributed by atoms with Crippen LogP contribution in [0.25, 0.3) is 11.1 Å². The Kier molecular flexibility index (Phi) is 7.35. The normalized spacial score (nSPS) is 11.1. The van der Waals surface area contributed by atoms with Gasteiger partial charge in [0.05, 0.1) is 29.0 Å². The molecule has 188 valence electrons. The van der Waals surface area contributed by atoms with Crippen molar-refractivity contribution in [2.24, 2.45) is 0 Å². The number of sulfone groups is 1. The number of pyridine rings is 1. The van der Waals surface area contributed by atoms with Gasteiger partial charge in [-0.2, -0.15) is 0 Å². The first-order valence-electron chi connectivity index (χ1n) is 11.2. The highest BCUT2D eigenvalue weighted by Gasteiger charge is 2.17. The number of hydrogen-bond donors (Lipinski definition) is 2. The van der Waals surface area contributed by atoms with Crippen LogP contribution < -0.4 is 10.1 Å². The maximum atomic E-state index is 12.9. The van der Waals surface area contributed by atoms with Crippen LogP contribution in [0.4, 0.5) is 5.69 Å². The minimum Gasteiger partial charge on any atom is -0.497 e. The van der Waals surface area contributed by atoms with Gasteiger partial charge in [-0.25, -0.2) is 13.2 Å². The van der Waals surface area contributed by atoms with Crippen molar-refractivity contribution in [2.45, 2.75) is 17.6 Å². The number of ether oxygens (including phenoxy) is 1. The number of carboxylic acid groups (broad SMARTS) is 1. The van der Waals surface area contributed by atoms with Crippen molar-refractivity contribution in [3.63, 3.8) is 0 Å². The molecule has 8 nitrogen and oxygen atoms in total. The summed E-state index contributed by atoms with van der Waals surface area (Å²) >= 11 is 0. The van der Waals surface area contributed by atoms with Crippen LogP contribution in [0.5, 0.6) is 5.75 Å². The Labute approximate surface area is 214 Å². The number of aromatic carboxylic acids is 1. The van der Waals surface area contributed by atoms with Gasteiger partial charge in [0.25, 0.3) is 5.91 Å². The van der Waals surface area contributed by atoms with Gasteiger partial charge in [-0.3, -0.25) is 9.78 Å². The number of carbonyl (C=O) groups excluding carboxylic acids is 1. The Morgan fingerprint density at radius 1 is 0.946 bits per heavy atom. The smallest absolute Gasteiger partial charge is 0.337 e. The van der Waals surface area contributed by atoms with Crippen LogP contribution in [0, 0.1) is 6.92 Å². The van der Waals surface area contributed by atoms with E-state index in [9.17, 15) is 23.1 Å². The summed E-state index contributed by atoms with van der Waals surface area (Å²) in [6, 6.07) is 21.2. The molecule has 1 amide bonds. The third-order valence-corrected chi connectivity index (χ3v) is 7.43. The summed E-state index contributed by atoms with van der Waals surface area (Å²) in [5, 5.41) is 12.2. The van der Waals surface area contributed by atoms with Crippen LogP contribution in [-0.4, -0.2) is 37.5 Å². The molecule has 4 rings (SSSR count). The van der Waals surface area contributed by atoms with Crippen LogP contribution in [-0.2, 0) is 15.6 Å². The molecular weight excluding hydrogens is 492 g/mol. The van der Waals surface area contributed by atoms with Crippen molar-refractivity contribution in [1.29, 1.82) is 0 Å². The van der Waals surface area contributed by atoms with E-state index in [1.807, 2.05) is 0 Å². The Hall–Kier alpha value is -4.50. The molecule has 0 radical (unpaired) electrons. The average molecular weight is 517 g/mol. The summed E-state index contributed by atoms with van der Waals surface area (Å²) in [6.45, 7) is 1.62. The summed E-state index contributed by atoms with van der Waals surface area (Å²) in [7, 11) is -2.10. The monoisotopic (exact) mass is 516 g/mol. The highest BCUT2D eigenvalue weighted by Crippen LogP contribution is 2.24. The number of aryl methyl sites for hydroxylation is 1. The SMILES string of the molecule is COc1cccc(S(=O)(=O)Cc2ccc(NC(=O)c3cccc(-c4cnc(C)c(C(=O)O)c4)c3)cc2)c1. The van der Waals surface area contributed by atoms with Crippen molar-refractivity contribution < 1.29 is 27.9 Å². The van der Waals surface area contributed by atoms with Gasteiger partial charge in [-0.1, -0.05) is 30.3 Å². The minimum absolute atomic E-state index is 0.0980. The number of rotatable bonds is 8. The van der Waals surface area contributed by atoms with Crippen LogP contribution in [0.2, 0.25) is 0 Å². The lowest BCUT2D eigenvalue weighted by atomic mass is 10.0. The predicted molar refractivity (Wildman–Crippen MR) is 140 cm³/mol. The molecule has 2 N–H and O–H groups in total. The second-order valence-corrected chi connectivity index (χ2v) is 10.3. The molecule has 0 aliphatic rings. The molecule has 0 fully saturated rings. The van der Waals surface area contributed by atoms with Gasteiger partial charge >= 0.3 is 5.97 Å². The maximum absolute atomic E-state index is 12.9. The Morgan fingerprint density at radius 3 is 2.38 bits per heavy atom. The van der Waals surface area contributed by atoms with Crippen molar-refractivity contribution in [2.75, 3.05) is 12.4 Å². The Balaban J connectivity index is 1.47. The zero-order chi connectivity index (χ0) is 26.6. The van der Waals surface area contributed by atoms with E-state index in [2.05, 4.69) is 10.3 Å². The number of carboxylic acids is 1. The van der Waals surface area contributed by atoms with E-state index in [1.54, 1.807) is 73.8 Å². The van der Waals surface area contributed by atoms with Gasteiger partial charge in [0, 0.05) is 23.0 Å². The molecule has 37 heavy (non-hydrogen) atoms. The Bertz CT molecular complexity index is 1580. The topological polar surface area (TPSA) is 123 Å². The van der Waals surface area contributed by atoms with Crippen molar-refractivity contribution >= 4 is 27.4 Å². The Morgan fingerprint density at radius 2 is 1.68 bits per heavy atom. The van der Waals surface area contributed by atoms with Gasteiger partial charge in [0.2, 0.25) is 0 Å². The second-order valence-electron chi connectivity index (χ2n) is 8.33. The van der Waals surface area contributed by atoms with Crippen LogP contribution in [0.15, 0.2) is 90.0 Å². The van der Waals surface area contributed by atoms with E-state index < -0.39 is 15.8 Å². The van der Waals surface area contributed by atoms with E-state index in [0.717, 1.165) is 0 Å². The molecular formula is C28H24N2O6S. The molecule has 0 spiro atoms. The zero-order valence-corrected chi connectivity index (χ0v) is 21.0. The van der Waals surface area contributed by atoms with Gasteiger partial charge in [-0.05, 0) is 66.6 Å². The zero-order valence-electron chi connectivity index (χ0n) is 20.1. The number of nitrogens with one attached hydrogen (secondary N) is 1. The fourth-order valence-electron chi connectivity index (χ4n) is 3.73. The molecule has 0 saturated heterocycles. The number of nitrogens with zero attached hydrogens (tertiary/aromatic N) is 1. The summed E-state index contributed by atoms with van der Waals surface area (Å²) < 4.78 is 30.7. The third-order valence-electron chi connectivity index (χ3n) is 5.74. The molecule has 0 unspecified atom stereocenters. The van der Waals surface area contributed by atoms with Gasteiger partial charge in [0.15, 0.2) is 9.84 Å². The minimum atomic E-state index is -3.58. The second kappa shape index (κ2) is 10.6. The summed E-state index contributed by atoms with van der Waals surface area (Å²) in [5.74, 6) is -1.17. The fraction of sp³-hybridized carbons (Fsp3) is 0.107. The van der Waals surface area contributed by atoms with E-state index in [-0.39, 0.29) is 22.1 Å². The molecule has 9 heteroatoms. The number of benzene rings is 3. The lowest BCUT2D eigenvalue weighted by molar-refractivity contribution is 0.0695. The molecule has 3 aromatic carbocycles. The summed E-state index contributed by atoms with van der Waals surface area (Å²) in [4.78, 5) is 28.6. The largest absolute Gasteiger partial charge is 0.497 e. The van der Waals surface area contributed by atoms with E-state index in [1.165, 1.54) is 25.3 Å². The predicted octanol–water partition coefficient (Wildman–Crippen LogP) is 4.99. The lowest BCUT2D eigenvalue weighted by Gasteiger charge is -2.10. The molecule has 0 bridgehead atoms. The van der Waals surface area contributed by atoms with E-state index >= 15 is 0 Å². The molecule has 0 aliphatic carbocycles. The number of amides is 1. The number of hydrogen-bond acceptors (Lipinski definition) is 6. The van der Waals surface area contributed by atoms with Crippen molar-refractivity contribution in [1.82, 2.24) is 4.98 Å².